The highest BCUT2D eigenvalue weighted by Gasteiger charge is 2.06. The van der Waals surface area contributed by atoms with Gasteiger partial charge in [0.2, 0.25) is 0 Å². The van der Waals surface area contributed by atoms with Crippen LogP contribution in [0.4, 0.5) is 0 Å². The summed E-state index contributed by atoms with van der Waals surface area (Å²) in [5, 5.41) is 2.99. The van der Waals surface area contributed by atoms with E-state index >= 15 is 0 Å². The smallest absolute Gasteiger partial charge is 0.251 e. The molecule has 0 unspecified atom stereocenters. The Hall–Kier alpha value is -3.67. The highest BCUT2D eigenvalue weighted by Crippen LogP contribution is 2.10. The van der Waals surface area contributed by atoms with Crippen LogP contribution in [0.1, 0.15) is 32.9 Å². The van der Waals surface area contributed by atoms with Crippen LogP contribution in [-0.2, 0) is 19.6 Å². The maximum atomic E-state index is 12.4. The maximum absolute atomic E-state index is 12.4. The third kappa shape index (κ3) is 4.79. The van der Waals surface area contributed by atoms with Crippen LogP contribution in [0.3, 0.4) is 0 Å². The Labute approximate surface area is 169 Å². The Morgan fingerprint density at radius 2 is 1.59 bits per heavy atom. The zero-order chi connectivity index (χ0) is 20.1. The highest BCUT2D eigenvalue weighted by atomic mass is 16.1. The second-order valence-corrected chi connectivity index (χ2v) is 7.03. The van der Waals surface area contributed by atoms with E-state index in [4.69, 9.17) is 0 Å². The molecular weight excluding hydrogens is 362 g/mol. The van der Waals surface area contributed by atoms with E-state index in [9.17, 15) is 4.79 Å². The molecule has 0 saturated heterocycles. The first kappa shape index (κ1) is 18.7. The topological polar surface area (TPSA) is 64.7 Å². The molecule has 6 heteroatoms. The lowest BCUT2D eigenvalue weighted by Gasteiger charge is -2.09. The van der Waals surface area contributed by atoms with Gasteiger partial charge in [0.1, 0.15) is 5.82 Å². The quantitative estimate of drug-likeness (QED) is 0.530. The number of nitrogens with one attached hydrogen (secondary N) is 1. The standard InChI is InChI=1S/C23H23N5O/c1-18-25-11-13-28(18)16-21-4-2-19(3-5-21)14-26-23(29)22-8-6-20(7-9-22)15-27-12-10-24-17-27/h2-13,17H,14-16H2,1H3,(H,26,29). The van der Waals surface area contributed by atoms with E-state index in [0.717, 1.165) is 30.0 Å². The summed E-state index contributed by atoms with van der Waals surface area (Å²) in [6.07, 6.45) is 9.24. The molecule has 146 valence electrons. The van der Waals surface area contributed by atoms with Gasteiger partial charge in [-0.05, 0) is 35.7 Å². The van der Waals surface area contributed by atoms with Gasteiger partial charge in [0.05, 0.1) is 6.33 Å². The molecule has 0 aliphatic heterocycles. The molecule has 0 spiro atoms. The summed E-state index contributed by atoms with van der Waals surface area (Å²) in [5.41, 5.74) is 4.06. The summed E-state index contributed by atoms with van der Waals surface area (Å²) >= 11 is 0. The second kappa shape index (κ2) is 8.56. The van der Waals surface area contributed by atoms with E-state index in [1.165, 1.54) is 5.56 Å². The van der Waals surface area contributed by atoms with Crippen molar-refractivity contribution in [2.75, 3.05) is 0 Å². The molecule has 6 nitrogen and oxygen atoms in total. The number of aromatic nitrogens is 4. The number of rotatable bonds is 7. The molecule has 1 amide bonds. The minimum Gasteiger partial charge on any atom is -0.348 e. The number of nitrogens with zero attached hydrogens (tertiary/aromatic N) is 4. The summed E-state index contributed by atoms with van der Waals surface area (Å²) < 4.78 is 4.10. The fourth-order valence-corrected chi connectivity index (χ4v) is 3.17. The summed E-state index contributed by atoms with van der Waals surface area (Å²) in [5.74, 6) is 0.926. The second-order valence-electron chi connectivity index (χ2n) is 7.03. The van der Waals surface area contributed by atoms with Crippen LogP contribution in [0.15, 0.2) is 79.6 Å². The van der Waals surface area contributed by atoms with E-state index in [2.05, 4.69) is 44.1 Å². The zero-order valence-electron chi connectivity index (χ0n) is 16.3. The van der Waals surface area contributed by atoms with Crippen molar-refractivity contribution in [2.45, 2.75) is 26.6 Å². The van der Waals surface area contributed by atoms with Crippen LogP contribution in [0.25, 0.3) is 0 Å². The number of carbonyl (C=O) groups is 1. The molecule has 1 N–H and O–H groups in total. The number of hydrogen-bond acceptors (Lipinski definition) is 3. The van der Waals surface area contributed by atoms with Gasteiger partial charge >= 0.3 is 0 Å². The predicted octanol–water partition coefficient (Wildman–Crippen LogP) is 3.41. The first-order chi connectivity index (χ1) is 14.2. The molecule has 0 aliphatic carbocycles. The molecular formula is C23H23N5O. The Morgan fingerprint density at radius 3 is 2.24 bits per heavy atom. The number of carbonyl (C=O) groups excluding carboxylic acids is 1. The van der Waals surface area contributed by atoms with Gasteiger partial charge in [-0.2, -0.15) is 0 Å². The van der Waals surface area contributed by atoms with E-state index in [1.54, 1.807) is 12.5 Å². The van der Waals surface area contributed by atoms with Gasteiger partial charge in [-0.1, -0.05) is 36.4 Å². The Balaban J connectivity index is 1.30. The lowest BCUT2D eigenvalue weighted by atomic mass is 10.1. The average molecular weight is 385 g/mol. The summed E-state index contributed by atoms with van der Waals surface area (Å²) in [4.78, 5) is 20.7. The third-order valence-corrected chi connectivity index (χ3v) is 4.89. The van der Waals surface area contributed by atoms with Crippen LogP contribution < -0.4 is 5.32 Å². The Morgan fingerprint density at radius 1 is 0.897 bits per heavy atom. The minimum atomic E-state index is -0.0719. The zero-order valence-corrected chi connectivity index (χ0v) is 16.3. The van der Waals surface area contributed by atoms with Crippen molar-refractivity contribution in [1.82, 2.24) is 24.4 Å². The van der Waals surface area contributed by atoms with Gasteiger partial charge in [-0.25, -0.2) is 9.97 Å². The number of hydrogen-bond donors (Lipinski definition) is 1. The average Bonchev–Trinajstić information content (AvgIpc) is 3.40. The van der Waals surface area contributed by atoms with Crippen LogP contribution in [0.2, 0.25) is 0 Å². The van der Waals surface area contributed by atoms with Gasteiger partial charge < -0.3 is 14.5 Å². The molecule has 0 atom stereocenters. The number of imidazole rings is 2. The first-order valence-corrected chi connectivity index (χ1v) is 9.56. The highest BCUT2D eigenvalue weighted by molar-refractivity contribution is 5.94. The molecule has 0 aliphatic rings. The number of benzene rings is 2. The van der Waals surface area contributed by atoms with Gasteiger partial charge in [-0.15, -0.1) is 0 Å². The van der Waals surface area contributed by atoms with Crippen molar-refractivity contribution in [1.29, 1.82) is 0 Å². The maximum Gasteiger partial charge on any atom is 0.251 e. The van der Waals surface area contributed by atoms with E-state index < -0.39 is 0 Å². The monoisotopic (exact) mass is 385 g/mol. The van der Waals surface area contributed by atoms with E-state index in [-0.39, 0.29) is 5.91 Å². The Bertz CT molecular complexity index is 1060. The molecule has 0 fully saturated rings. The number of amides is 1. The first-order valence-electron chi connectivity index (χ1n) is 9.56. The van der Waals surface area contributed by atoms with Gasteiger partial charge in [0.15, 0.2) is 0 Å². The van der Waals surface area contributed by atoms with Gasteiger partial charge in [-0.3, -0.25) is 4.79 Å². The van der Waals surface area contributed by atoms with Crippen molar-refractivity contribution in [3.8, 4) is 0 Å². The fraction of sp³-hybridized carbons (Fsp3) is 0.174. The molecule has 2 aromatic heterocycles. The molecule has 2 aromatic carbocycles. The Kier molecular flexibility index (Phi) is 5.52. The van der Waals surface area contributed by atoms with Crippen molar-refractivity contribution in [2.24, 2.45) is 0 Å². The summed E-state index contributed by atoms with van der Waals surface area (Å²) in [6, 6.07) is 15.9. The summed E-state index contributed by atoms with van der Waals surface area (Å²) in [6.45, 7) is 4.03. The van der Waals surface area contributed by atoms with Crippen LogP contribution >= 0.6 is 0 Å². The molecule has 29 heavy (non-hydrogen) atoms. The normalized spacial score (nSPS) is 10.8. The largest absolute Gasteiger partial charge is 0.348 e. The lowest BCUT2D eigenvalue weighted by Crippen LogP contribution is -2.22. The van der Waals surface area contributed by atoms with Crippen molar-refractivity contribution in [3.63, 3.8) is 0 Å². The fourth-order valence-electron chi connectivity index (χ4n) is 3.17. The third-order valence-electron chi connectivity index (χ3n) is 4.89. The van der Waals surface area contributed by atoms with Crippen molar-refractivity contribution in [3.05, 3.63) is 108 Å². The minimum absolute atomic E-state index is 0.0719. The molecule has 4 rings (SSSR count). The van der Waals surface area contributed by atoms with Crippen molar-refractivity contribution < 1.29 is 4.79 Å². The summed E-state index contributed by atoms with van der Waals surface area (Å²) in [7, 11) is 0. The van der Waals surface area contributed by atoms with E-state index in [0.29, 0.717) is 12.1 Å². The molecule has 2 heterocycles. The molecule has 0 radical (unpaired) electrons. The van der Waals surface area contributed by atoms with Crippen molar-refractivity contribution >= 4 is 5.91 Å². The lowest BCUT2D eigenvalue weighted by molar-refractivity contribution is 0.0951. The van der Waals surface area contributed by atoms with Crippen LogP contribution in [0.5, 0.6) is 0 Å². The molecule has 4 aromatic rings. The number of aryl methyl sites for hydroxylation is 1. The van der Waals surface area contributed by atoms with E-state index in [1.807, 2.05) is 54.3 Å². The molecule has 0 saturated carbocycles. The SMILES string of the molecule is Cc1nccn1Cc1ccc(CNC(=O)c2ccc(Cn3ccnc3)cc2)cc1. The van der Waals surface area contributed by atoms with Crippen LogP contribution in [-0.4, -0.2) is 25.0 Å². The van der Waals surface area contributed by atoms with Gasteiger partial charge in [0, 0.05) is 50.0 Å². The van der Waals surface area contributed by atoms with Crippen LogP contribution in [0, 0.1) is 6.92 Å². The predicted molar refractivity (Wildman–Crippen MR) is 111 cm³/mol. The van der Waals surface area contributed by atoms with Gasteiger partial charge in [0.25, 0.3) is 5.91 Å². The molecule has 0 bridgehead atoms.